The Morgan fingerprint density at radius 2 is 2.00 bits per heavy atom. The summed E-state index contributed by atoms with van der Waals surface area (Å²) in [6.07, 6.45) is 0. The lowest BCUT2D eigenvalue weighted by atomic mass is 9.91. The fourth-order valence-electron chi connectivity index (χ4n) is 2.95. The monoisotopic (exact) mass is 535 g/mol. The lowest BCUT2D eigenvalue weighted by Gasteiger charge is -2.44. The molecule has 0 aliphatic carbocycles. The maximum Gasteiger partial charge on any atom is 0.362 e. The number of halogens is 2. The van der Waals surface area contributed by atoms with Crippen LogP contribution in [0, 0.1) is 0 Å². The highest BCUT2D eigenvalue weighted by atomic mass is 35.5. The molecule has 1 fully saturated rings. The highest BCUT2D eigenvalue weighted by Gasteiger charge is 2.55. The van der Waals surface area contributed by atoms with Gasteiger partial charge in [-0.25, -0.2) is 9.29 Å². The number of alkyl halides is 1. The first-order valence-electron chi connectivity index (χ1n) is 8.86. The van der Waals surface area contributed by atoms with E-state index in [-0.39, 0.29) is 26.7 Å². The predicted octanol–water partition coefficient (Wildman–Crippen LogP) is 1.20. The summed E-state index contributed by atoms with van der Waals surface area (Å²) in [7, 11) is -3.72. The Kier molecular flexibility index (Phi) is 7.54. The van der Waals surface area contributed by atoms with Gasteiger partial charge in [0.2, 0.25) is 5.91 Å². The minimum atomic E-state index is -4.90. The number of hydrogen-bond donors (Lipinski definition) is 3. The van der Waals surface area contributed by atoms with E-state index in [0.29, 0.717) is 10.6 Å². The molecule has 176 valence electrons. The molecule has 3 N–H and O–H groups in total. The molecule has 2 atom stereocenters. The van der Waals surface area contributed by atoms with E-state index in [1.54, 1.807) is 0 Å². The van der Waals surface area contributed by atoms with Crippen LogP contribution in [0.15, 0.2) is 34.8 Å². The summed E-state index contributed by atoms with van der Waals surface area (Å²) >= 11 is 12.3. The molecule has 0 spiro atoms. The molecule has 1 saturated heterocycles. The standard InChI is InChI=1S/C17H15Cl2N5O7S2/c1-31-23-12(10-7-32-17(20-10)21-11(25)6-18)15(26)22-13-14(8-2-4-9(19)5-3-8)24(16(13)27)33(28,29)30/h2-5,7,13-14H,6H2,1H3,(H,22,26)(H,20,21,25)(H,28,29,30)/b23-12-. The number of carbonyl (C=O) groups is 3. The van der Waals surface area contributed by atoms with Crippen LogP contribution in [0.1, 0.15) is 17.3 Å². The van der Waals surface area contributed by atoms with Crippen LogP contribution in [0.5, 0.6) is 0 Å². The highest BCUT2D eigenvalue weighted by molar-refractivity contribution is 7.84. The lowest BCUT2D eigenvalue weighted by Crippen LogP contribution is -2.67. The van der Waals surface area contributed by atoms with Crippen LogP contribution in [0.25, 0.3) is 0 Å². The number of nitrogens with zero attached hydrogens (tertiary/aromatic N) is 3. The molecule has 1 aromatic heterocycles. The topological polar surface area (TPSA) is 167 Å². The number of benzene rings is 1. The Morgan fingerprint density at radius 3 is 2.58 bits per heavy atom. The van der Waals surface area contributed by atoms with Crippen molar-refractivity contribution >= 4 is 73.4 Å². The number of aromatic nitrogens is 1. The van der Waals surface area contributed by atoms with Gasteiger partial charge in [0.05, 0.1) is 0 Å². The molecule has 3 rings (SSSR count). The average Bonchev–Trinajstić information content (AvgIpc) is 3.21. The molecule has 33 heavy (non-hydrogen) atoms. The van der Waals surface area contributed by atoms with E-state index in [2.05, 4.69) is 25.6 Å². The molecule has 2 unspecified atom stereocenters. The lowest BCUT2D eigenvalue weighted by molar-refractivity contribution is -0.145. The molecule has 1 aliphatic rings. The molecular weight excluding hydrogens is 521 g/mol. The van der Waals surface area contributed by atoms with Crippen molar-refractivity contribution < 1.29 is 32.2 Å². The van der Waals surface area contributed by atoms with E-state index in [9.17, 15) is 27.4 Å². The third kappa shape index (κ3) is 5.42. The summed E-state index contributed by atoms with van der Waals surface area (Å²) in [5.74, 6) is -2.78. The zero-order valence-electron chi connectivity index (χ0n) is 16.6. The number of oxime groups is 1. The van der Waals surface area contributed by atoms with Crippen LogP contribution < -0.4 is 10.6 Å². The number of hydrogen-bond acceptors (Lipinski definition) is 9. The van der Waals surface area contributed by atoms with Crippen molar-refractivity contribution in [3.05, 3.63) is 45.9 Å². The molecule has 2 heterocycles. The Balaban J connectivity index is 1.86. The molecule has 3 amide bonds. The second-order valence-corrected chi connectivity index (χ2v) is 9.25. The third-order valence-corrected chi connectivity index (χ3v) is 6.47. The van der Waals surface area contributed by atoms with Gasteiger partial charge < -0.3 is 15.5 Å². The first kappa shape index (κ1) is 24.9. The summed E-state index contributed by atoms with van der Waals surface area (Å²) in [5, 5.41) is 10.3. The third-order valence-electron chi connectivity index (χ3n) is 4.31. The zero-order chi connectivity index (χ0) is 24.3. The number of anilines is 1. The fraction of sp³-hybridized carbons (Fsp3) is 0.235. The summed E-state index contributed by atoms with van der Waals surface area (Å²) in [6, 6.07) is 3.25. The van der Waals surface area contributed by atoms with E-state index in [0.717, 1.165) is 11.3 Å². The van der Waals surface area contributed by atoms with Crippen molar-refractivity contribution in [1.29, 1.82) is 0 Å². The quantitative estimate of drug-likeness (QED) is 0.149. The van der Waals surface area contributed by atoms with E-state index in [4.69, 9.17) is 23.2 Å². The molecule has 0 saturated carbocycles. The van der Waals surface area contributed by atoms with Crippen LogP contribution in [0.4, 0.5) is 5.13 Å². The van der Waals surface area contributed by atoms with Gasteiger partial charge in [0.15, 0.2) is 10.8 Å². The number of thiazole rings is 1. The number of β-lactam (4-membered cyclic amide) rings is 1. The van der Waals surface area contributed by atoms with Gasteiger partial charge in [-0.2, -0.15) is 8.42 Å². The summed E-state index contributed by atoms with van der Waals surface area (Å²) in [5.41, 5.74) is -0.0226. The van der Waals surface area contributed by atoms with E-state index in [1.165, 1.54) is 36.8 Å². The van der Waals surface area contributed by atoms with Crippen molar-refractivity contribution in [2.24, 2.45) is 5.16 Å². The maximum absolute atomic E-state index is 12.9. The molecule has 1 aliphatic heterocycles. The van der Waals surface area contributed by atoms with Crippen LogP contribution in [0.2, 0.25) is 5.02 Å². The maximum atomic E-state index is 12.9. The molecular formula is C17H15Cl2N5O7S2. The van der Waals surface area contributed by atoms with Crippen LogP contribution in [-0.4, -0.2) is 64.7 Å². The van der Waals surface area contributed by atoms with Gasteiger partial charge in [0.25, 0.3) is 11.8 Å². The second-order valence-electron chi connectivity index (χ2n) is 6.40. The predicted molar refractivity (Wildman–Crippen MR) is 120 cm³/mol. The molecule has 0 bridgehead atoms. The zero-order valence-corrected chi connectivity index (χ0v) is 19.7. The van der Waals surface area contributed by atoms with Crippen molar-refractivity contribution in [3.63, 3.8) is 0 Å². The smallest absolute Gasteiger partial charge is 0.362 e. The SMILES string of the molecule is CO/N=C(\C(=O)NC1C(=O)N(S(=O)(=O)O)C1c1ccc(Cl)cc1)c1csc(NC(=O)CCl)n1. The van der Waals surface area contributed by atoms with E-state index in [1.807, 2.05) is 0 Å². The van der Waals surface area contributed by atoms with Gasteiger partial charge >= 0.3 is 10.3 Å². The van der Waals surface area contributed by atoms with Crippen molar-refractivity contribution in [1.82, 2.24) is 14.6 Å². The van der Waals surface area contributed by atoms with Gasteiger partial charge in [-0.15, -0.1) is 22.9 Å². The highest BCUT2D eigenvalue weighted by Crippen LogP contribution is 2.37. The molecule has 2 aromatic rings. The van der Waals surface area contributed by atoms with Gasteiger partial charge in [0, 0.05) is 10.4 Å². The number of carbonyl (C=O) groups excluding carboxylic acids is 3. The van der Waals surface area contributed by atoms with Crippen LogP contribution in [0.3, 0.4) is 0 Å². The van der Waals surface area contributed by atoms with E-state index >= 15 is 0 Å². The largest absolute Gasteiger partial charge is 0.398 e. The van der Waals surface area contributed by atoms with Gasteiger partial charge in [-0.1, -0.05) is 28.9 Å². The number of amides is 3. The first-order chi connectivity index (χ1) is 15.6. The number of rotatable bonds is 8. The molecule has 16 heteroatoms. The minimum absolute atomic E-state index is 0.0191. The van der Waals surface area contributed by atoms with Crippen molar-refractivity contribution in [3.8, 4) is 0 Å². The van der Waals surface area contributed by atoms with Crippen LogP contribution in [-0.2, 0) is 29.5 Å². The minimum Gasteiger partial charge on any atom is -0.398 e. The second kappa shape index (κ2) is 10.0. The van der Waals surface area contributed by atoms with Gasteiger partial charge in [0.1, 0.15) is 30.8 Å². The first-order valence-corrected chi connectivity index (χ1v) is 12.1. The van der Waals surface area contributed by atoms with Crippen LogP contribution >= 0.6 is 34.5 Å². The van der Waals surface area contributed by atoms with Gasteiger partial charge in [-0.05, 0) is 17.7 Å². The Morgan fingerprint density at radius 1 is 1.33 bits per heavy atom. The van der Waals surface area contributed by atoms with Crippen molar-refractivity contribution in [2.45, 2.75) is 12.1 Å². The molecule has 1 aromatic carbocycles. The Hall–Kier alpha value is -2.78. The Labute approximate surface area is 201 Å². The van der Waals surface area contributed by atoms with E-state index < -0.39 is 40.1 Å². The fourth-order valence-corrected chi connectivity index (χ4v) is 4.72. The number of nitrogens with one attached hydrogen (secondary N) is 2. The normalized spacial score (nSPS) is 18.5. The molecule has 12 nitrogen and oxygen atoms in total. The van der Waals surface area contributed by atoms with Crippen molar-refractivity contribution in [2.75, 3.05) is 18.3 Å². The summed E-state index contributed by atoms with van der Waals surface area (Å²) < 4.78 is 33.1. The summed E-state index contributed by atoms with van der Waals surface area (Å²) in [4.78, 5) is 45.5. The summed E-state index contributed by atoms with van der Waals surface area (Å²) in [6.45, 7) is 0. The average molecular weight is 536 g/mol. The molecule has 0 radical (unpaired) electrons. The Bertz CT molecular complexity index is 1220. The van der Waals surface area contributed by atoms with Gasteiger partial charge in [-0.3, -0.25) is 18.9 Å².